The van der Waals surface area contributed by atoms with E-state index in [4.69, 9.17) is 9.84 Å². The molecule has 19 heavy (non-hydrogen) atoms. The molecule has 0 aromatic heterocycles. The first-order valence-corrected chi connectivity index (χ1v) is 6.33. The topological polar surface area (TPSA) is 78.8 Å². The Bertz CT molecular complexity index is 416. The Hall–Kier alpha value is -1.59. The second-order valence-electron chi connectivity index (χ2n) is 4.68. The minimum atomic E-state index is -0.970. The summed E-state index contributed by atoms with van der Waals surface area (Å²) in [4.78, 5) is 10.8. The Balaban J connectivity index is 2.41. The summed E-state index contributed by atoms with van der Waals surface area (Å²) in [5.74, 6) is -0.439. The SMILES string of the molecule is CCC(C)(CO)NCCOc1cccc(C(=O)O)c1. The number of hydrogen-bond donors (Lipinski definition) is 3. The summed E-state index contributed by atoms with van der Waals surface area (Å²) in [6.45, 7) is 5.01. The number of carboxylic acids is 1. The standard InChI is InChI=1S/C14H21NO4/c1-3-14(2,10-16)15-7-8-19-12-6-4-5-11(9-12)13(17)18/h4-6,9,15-16H,3,7-8,10H2,1-2H3,(H,17,18). The highest BCUT2D eigenvalue weighted by molar-refractivity contribution is 5.87. The van der Waals surface area contributed by atoms with E-state index in [0.717, 1.165) is 6.42 Å². The van der Waals surface area contributed by atoms with E-state index in [1.807, 2.05) is 13.8 Å². The van der Waals surface area contributed by atoms with Crippen molar-refractivity contribution in [3.05, 3.63) is 29.8 Å². The zero-order valence-corrected chi connectivity index (χ0v) is 11.3. The fourth-order valence-corrected chi connectivity index (χ4v) is 1.53. The van der Waals surface area contributed by atoms with Crippen molar-refractivity contribution in [1.29, 1.82) is 0 Å². The molecule has 0 radical (unpaired) electrons. The molecule has 1 aromatic carbocycles. The van der Waals surface area contributed by atoms with Crippen molar-refractivity contribution in [2.75, 3.05) is 19.8 Å². The smallest absolute Gasteiger partial charge is 0.335 e. The molecule has 3 N–H and O–H groups in total. The molecule has 0 saturated carbocycles. The van der Waals surface area contributed by atoms with Crippen LogP contribution in [-0.4, -0.2) is 41.5 Å². The summed E-state index contributed by atoms with van der Waals surface area (Å²) in [5, 5.41) is 21.3. The van der Waals surface area contributed by atoms with Crippen LogP contribution in [0.4, 0.5) is 0 Å². The average molecular weight is 267 g/mol. The molecule has 106 valence electrons. The molecule has 1 aromatic rings. The Morgan fingerprint density at radius 2 is 2.21 bits per heavy atom. The van der Waals surface area contributed by atoms with Gasteiger partial charge in [-0.05, 0) is 31.5 Å². The number of aromatic carboxylic acids is 1. The fraction of sp³-hybridized carbons (Fsp3) is 0.500. The van der Waals surface area contributed by atoms with Crippen LogP contribution in [0.5, 0.6) is 5.75 Å². The maximum absolute atomic E-state index is 10.8. The lowest BCUT2D eigenvalue weighted by atomic mass is 10.0. The molecular weight excluding hydrogens is 246 g/mol. The molecular formula is C14H21NO4. The van der Waals surface area contributed by atoms with Crippen molar-refractivity contribution in [3.63, 3.8) is 0 Å². The molecule has 1 atom stereocenters. The Morgan fingerprint density at radius 3 is 2.79 bits per heavy atom. The van der Waals surface area contributed by atoms with Gasteiger partial charge in [0.05, 0.1) is 12.2 Å². The first-order valence-electron chi connectivity index (χ1n) is 6.33. The van der Waals surface area contributed by atoms with Gasteiger partial charge in [-0.15, -0.1) is 0 Å². The van der Waals surface area contributed by atoms with Crippen LogP contribution in [-0.2, 0) is 0 Å². The van der Waals surface area contributed by atoms with Crippen LogP contribution in [0, 0.1) is 0 Å². The zero-order valence-electron chi connectivity index (χ0n) is 11.3. The Morgan fingerprint density at radius 1 is 1.47 bits per heavy atom. The molecule has 0 aliphatic rings. The molecule has 0 fully saturated rings. The number of nitrogens with one attached hydrogen (secondary N) is 1. The molecule has 0 bridgehead atoms. The molecule has 1 unspecified atom stereocenters. The van der Waals surface area contributed by atoms with Crippen LogP contribution in [0.15, 0.2) is 24.3 Å². The van der Waals surface area contributed by atoms with E-state index in [0.29, 0.717) is 18.9 Å². The molecule has 0 heterocycles. The summed E-state index contributed by atoms with van der Waals surface area (Å²) in [6.07, 6.45) is 0.817. The second kappa shape index (κ2) is 7.11. The van der Waals surface area contributed by atoms with Gasteiger partial charge in [0, 0.05) is 12.1 Å². The van der Waals surface area contributed by atoms with E-state index in [2.05, 4.69) is 5.32 Å². The van der Waals surface area contributed by atoms with Gasteiger partial charge in [0.2, 0.25) is 0 Å². The molecule has 0 amide bonds. The van der Waals surface area contributed by atoms with Crippen molar-refractivity contribution in [2.45, 2.75) is 25.8 Å². The number of carboxylic acid groups (broad SMARTS) is 1. The van der Waals surface area contributed by atoms with E-state index in [1.165, 1.54) is 12.1 Å². The lowest BCUT2D eigenvalue weighted by Crippen LogP contribution is -2.46. The van der Waals surface area contributed by atoms with E-state index >= 15 is 0 Å². The largest absolute Gasteiger partial charge is 0.492 e. The highest BCUT2D eigenvalue weighted by atomic mass is 16.5. The predicted molar refractivity (Wildman–Crippen MR) is 72.7 cm³/mol. The zero-order chi connectivity index (χ0) is 14.3. The lowest BCUT2D eigenvalue weighted by molar-refractivity contribution is 0.0696. The van der Waals surface area contributed by atoms with Gasteiger partial charge in [-0.25, -0.2) is 4.79 Å². The summed E-state index contributed by atoms with van der Waals surface area (Å²) in [5.41, 5.74) is -0.0917. The fourth-order valence-electron chi connectivity index (χ4n) is 1.53. The molecule has 1 rings (SSSR count). The maximum Gasteiger partial charge on any atom is 0.335 e. The Kier molecular flexibility index (Phi) is 5.79. The maximum atomic E-state index is 10.8. The van der Waals surface area contributed by atoms with Crippen LogP contribution < -0.4 is 10.1 Å². The van der Waals surface area contributed by atoms with Crippen molar-refractivity contribution in [2.24, 2.45) is 0 Å². The monoisotopic (exact) mass is 267 g/mol. The van der Waals surface area contributed by atoms with Crippen LogP contribution >= 0.6 is 0 Å². The molecule has 0 aliphatic heterocycles. The van der Waals surface area contributed by atoms with Crippen LogP contribution in [0.2, 0.25) is 0 Å². The van der Waals surface area contributed by atoms with Crippen LogP contribution in [0.1, 0.15) is 30.6 Å². The molecule has 5 nitrogen and oxygen atoms in total. The number of hydrogen-bond acceptors (Lipinski definition) is 4. The van der Waals surface area contributed by atoms with Crippen LogP contribution in [0.3, 0.4) is 0 Å². The van der Waals surface area contributed by atoms with E-state index in [-0.39, 0.29) is 17.7 Å². The number of carbonyl (C=O) groups is 1. The second-order valence-corrected chi connectivity index (χ2v) is 4.68. The minimum Gasteiger partial charge on any atom is -0.492 e. The lowest BCUT2D eigenvalue weighted by Gasteiger charge is -2.27. The summed E-state index contributed by atoms with van der Waals surface area (Å²) >= 11 is 0. The molecule has 0 aliphatic carbocycles. The number of benzene rings is 1. The third-order valence-electron chi connectivity index (χ3n) is 3.13. The van der Waals surface area contributed by atoms with E-state index < -0.39 is 5.97 Å². The first kappa shape index (κ1) is 15.5. The average Bonchev–Trinajstić information content (AvgIpc) is 2.43. The highest BCUT2D eigenvalue weighted by Crippen LogP contribution is 2.13. The van der Waals surface area contributed by atoms with Crippen molar-refractivity contribution < 1.29 is 19.7 Å². The summed E-state index contributed by atoms with van der Waals surface area (Å²) in [7, 11) is 0. The minimum absolute atomic E-state index is 0.0675. The van der Waals surface area contributed by atoms with Crippen molar-refractivity contribution in [1.82, 2.24) is 5.32 Å². The summed E-state index contributed by atoms with van der Waals surface area (Å²) < 4.78 is 5.47. The Labute approximate surface area is 113 Å². The van der Waals surface area contributed by atoms with Gasteiger partial charge < -0.3 is 20.3 Å². The van der Waals surface area contributed by atoms with Gasteiger partial charge in [0.1, 0.15) is 12.4 Å². The third kappa shape index (κ3) is 4.89. The van der Waals surface area contributed by atoms with Gasteiger partial charge >= 0.3 is 5.97 Å². The number of rotatable bonds is 8. The normalized spacial score (nSPS) is 13.8. The highest BCUT2D eigenvalue weighted by Gasteiger charge is 2.19. The van der Waals surface area contributed by atoms with E-state index in [9.17, 15) is 9.90 Å². The first-order chi connectivity index (χ1) is 9.00. The molecule has 0 spiro atoms. The van der Waals surface area contributed by atoms with Crippen molar-refractivity contribution in [3.8, 4) is 5.75 Å². The summed E-state index contributed by atoms with van der Waals surface area (Å²) in [6, 6.07) is 6.38. The third-order valence-corrected chi connectivity index (χ3v) is 3.13. The van der Waals surface area contributed by atoms with Gasteiger partial charge in [0.25, 0.3) is 0 Å². The predicted octanol–water partition coefficient (Wildman–Crippen LogP) is 1.51. The molecule has 5 heteroatoms. The van der Waals surface area contributed by atoms with E-state index in [1.54, 1.807) is 12.1 Å². The van der Waals surface area contributed by atoms with Crippen molar-refractivity contribution >= 4 is 5.97 Å². The number of aliphatic hydroxyl groups excluding tert-OH is 1. The van der Waals surface area contributed by atoms with Gasteiger partial charge in [-0.2, -0.15) is 0 Å². The number of aliphatic hydroxyl groups is 1. The molecule has 0 saturated heterocycles. The quantitative estimate of drug-likeness (QED) is 0.622. The van der Waals surface area contributed by atoms with Gasteiger partial charge in [0.15, 0.2) is 0 Å². The van der Waals surface area contributed by atoms with Gasteiger partial charge in [-0.3, -0.25) is 0 Å². The number of ether oxygens (including phenoxy) is 1. The van der Waals surface area contributed by atoms with Gasteiger partial charge in [-0.1, -0.05) is 13.0 Å². The van der Waals surface area contributed by atoms with Crippen LogP contribution in [0.25, 0.3) is 0 Å².